The molecule has 0 aliphatic heterocycles. The number of hydrogen-bond acceptors (Lipinski definition) is 6. The molecule has 6 heteroatoms. The average Bonchev–Trinajstić information content (AvgIpc) is 2.64. The molecule has 0 radical (unpaired) electrons. The standard InChI is InChI=1S/C20H23N5O/c1-4-26-18-12-8-7-11-17(18)22-19-13-21-25-20(24-19)23-16-10-6-5-9-15(16)14(2)3/h5-14H,4H2,1-3H3,(H2,22,23,24,25). The van der Waals surface area contributed by atoms with Gasteiger partial charge >= 0.3 is 0 Å². The SMILES string of the molecule is CCOc1ccccc1Nc1cnnc(Nc2ccccc2C(C)C)n1. The van der Waals surface area contributed by atoms with Crippen LogP contribution in [0.3, 0.4) is 0 Å². The Hall–Kier alpha value is -3.15. The van der Waals surface area contributed by atoms with E-state index in [1.807, 2.05) is 49.4 Å². The number of nitrogens with one attached hydrogen (secondary N) is 2. The van der Waals surface area contributed by atoms with E-state index in [4.69, 9.17) is 4.74 Å². The summed E-state index contributed by atoms with van der Waals surface area (Å²) in [7, 11) is 0. The molecule has 1 heterocycles. The van der Waals surface area contributed by atoms with Gasteiger partial charge in [0, 0.05) is 5.69 Å². The van der Waals surface area contributed by atoms with Gasteiger partial charge in [-0.1, -0.05) is 44.2 Å². The molecule has 0 atom stereocenters. The Bertz CT molecular complexity index is 866. The third-order valence-corrected chi connectivity index (χ3v) is 3.84. The van der Waals surface area contributed by atoms with Crippen molar-refractivity contribution in [3.63, 3.8) is 0 Å². The fraction of sp³-hybridized carbons (Fsp3) is 0.250. The quantitative estimate of drug-likeness (QED) is 0.633. The lowest BCUT2D eigenvalue weighted by molar-refractivity contribution is 0.342. The van der Waals surface area contributed by atoms with E-state index in [0.29, 0.717) is 24.3 Å². The number of hydrogen-bond donors (Lipinski definition) is 2. The van der Waals surface area contributed by atoms with E-state index < -0.39 is 0 Å². The summed E-state index contributed by atoms with van der Waals surface area (Å²) in [6, 6.07) is 15.9. The Morgan fingerprint density at radius 1 is 0.962 bits per heavy atom. The second-order valence-corrected chi connectivity index (χ2v) is 6.09. The highest BCUT2D eigenvalue weighted by Crippen LogP contribution is 2.28. The number of benzene rings is 2. The minimum atomic E-state index is 0.394. The number of rotatable bonds is 7. The summed E-state index contributed by atoms with van der Waals surface area (Å²) in [5.41, 5.74) is 3.02. The van der Waals surface area contributed by atoms with Crippen molar-refractivity contribution in [3.05, 3.63) is 60.3 Å². The Kier molecular flexibility index (Phi) is 5.63. The summed E-state index contributed by atoms with van der Waals surface area (Å²) in [6.07, 6.45) is 1.59. The zero-order valence-electron chi connectivity index (χ0n) is 15.2. The van der Waals surface area contributed by atoms with E-state index in [0.717, 1.165) is 17.1 Å². The second-order valence-electron chi connectivity index (χ2n) is 6.09. The van der Waals surface area contributed by atoms with Crippen LogP contribution in [-0.4, -0.2) is 21.8 Å². The molecule has 0 fully saturated rings. The molecule has 3 aromatic rings. The Balaban J connectivity index is 1.82. The molecule has 6 nitrogen and oxygen atoms in total. The molecule has 2 N–H and O–H groups in total. The van der Waals surface area contributed by atoms with Gasteiger partial charge in [-0.2, -0.15) is 10.1 Å². The number of para-hydroxylation sites is 3. The van der Waals surface area contributed by atoms with Crippen LogP contribution in [0.15, 0.2) is 54.7 Å². The van der Waals surface area contributed by atoms with Crippen molar-refractivity contribution in [2.45, 2.75) is 26.7 Å². The smallest absolute Gasteiger partial charge is 0.249 e. The number of nitrogens with zero attached hydrogens (tertiary/aromatic N) is 3. The fourth-order valence-electron chi connectivity index (χ4n) is 2.64. The van der Waals surface area contributed by atoms with Gasteiger partial charge in [0.05, 0.1) is 18.5 Å². The van der Waals surface area contributed by atoms with Crippen LogP contribution in [0.5, 0.6) is 5.75 Å². The van der Waals surface area contributed by atoms with Crippen LogP contribution in [0, 0.1) is 0 Å². The predicted octanol–water partition coefficient (Wildman–Crippen LogP) is 4.88. The van der Waals surface area contributed by atoms with E-state index >= 15 is 0 Å². The van der Waals surface area contributed by atoms with Gasteiger partial charge in [0.25, 0.3) is 0 Å². The molecule has 0 unspecified atom stereocenters. The summed E-state index contributed by atoms with van der Waals surface area (Å²) in [4.78, 5) is 4.51. The molecule has 1 aromatic heterocycles. The molecule has 3 rings (SSSR count). The van der Waals surface area contributed by atoms with Crippen LogP contribution < -0.4 is 15.4 Å². The zero-order chi connectivity index (χ0) is 18.4. The molecule has 2 aromatic carbocycles. The highest BCUT2D eigenvalue weighted by molar-refractivity contribution is 5.65. The normalized spacial score (nSPS) is 10.6. The van der Waals surface area contributed by atoms with Crippen molar-refractivity contribution in [2.24, 2.45) is 0 Å². The molecule has 134 valence electrons. The minimum Gasteiger partial charge on any atom is -0.492 e. The van der Waals surface area contributed by atoms with Gasteiger partial charge in [-0.25, -0.2) is 0 Å². The van der Waals surface area contributed by atoms with Gasteiger partial charge in [0.2, 0.25) is 5.95 Å². The first-order valence-electron chi connectivity index (χ1n) is 8.72. The molecule has 0 aliphatic carbocycles. The summed E-state index contributed by atoms with van der Waals surface area (Å²) >= 11 is 0. The second kappa shape index (κ2) is 8.29. The molecule has 0 saturated carbocycles. The van der Waals surface area contributed by atoms with Gasteiger partial charge in [-0.15, -0.1) is 5.10 Å². The van der Waals surface area contributed by atoms with Crippen LogP contribution in [0.1, 0.15) is 32.3 Å². The molecular weight excluding hydrogens is 326 g/mol. The first kappa shape index (κ1) is 17.7. The first-order chi connectivity index (χ1) is 12.7. The maximum absolute atomic E-state index is 5.64. The summed E-state index contributed by atoms with van der Waals surface area (Å²) in [5, 5.41) is 14.6. The van der Waals surface area contributed by atoms with Crippen LogP contribution in [0.4, 0.5) is 23.1 Å². The Morgan fingerprint density at radius 3 is 2.46 bits per heavy atom. The van der Waals surface area contributed by atoms with Crippen molar-refractivity contribution in [1.29, 1.82) is 0 Å². The van der Waals surface area contributed by atoms with E-state index in [2.05, 4.69) is 45.7 Å². The number of aromatic nitrogens is 3. The third-order valence-electron chi connectivity index (χ3n) is 3.84. The Labute approximate surface area is 153 Å². The van der Waals surface area contributed by atoms with Crippen molar-refractivity contribution >= 4 is 23.1 Å². The fourth-order valence-corrected chi connectivity index (χ4v) is 2.64. The molecule has 0 bridgehead atoms. The summed E-state index contributed by atoms with van der Waals surface area (Å²) in [5.74, 6) is 2.20. The van der Waals surface area contributed by atoms with Crippen molar-refractivity contribution in [1.82, 2.24) is 15.2 Å². The van der Waals surface area contributed by atoms with Gasteiger partial charge in [0.15, 0.2) is 5.82 Å². The molecule has 26 heavy (non-hydrogen) atoms. The molecule has 0 aliphatic rings. The maximum atomic E-state index is 5.64. The maximum Gasteiger partial charge on any atom is 0.249 e. The molecule has 0 amide bonds. The highest BCUT2D eigenvalue weighted by Gasteiger charge is 2.09. The molecule has 0 spiro atoms. The molecular formula is C20H23N5O. The summed E-state index contributed by atoms with van der Waals surface area (Å²) < 4.78 is 5.64. The lowest BCUT2D eigenvalue weighted by Gasteiger charge is -2.14. The van der Waals surface area contributed by atoms with Crippen molar-refractivity contribution in [3.8, 4) is 5.75 Å². The van der Waals surface area contributed by atoms with E-state index in [-0.39, 0.29) is 0 Å². The lowest BCUT2D eigenvalue weighted by Crippen LogP contribution is -2.05. The molecule has 0 saturated heterocycles. The highest BCUT2D eigenvalue weighted by atomic mass is 16.5. The first-order valence-corrected chi connectivity index (χ1v) is 8.72. The lowest BCUT2D eigenvalue weighted by atomic mass is 10.0. The van der Waals surface area contributed by atoms with Gasteiger partial charge in [0.1, 0.15) is 5.75 Å². The topological polar surface area (TPSA) is 72.0 Å². The van der Waals surface area contributed by atoms with E-state index in [1.165, 1.54) is 5.56 Å². The van der Waals surface area contributed by atoms with Crippen molar-refractivity contribution in [2.75, 3.05) is 17.2 Å². The van der Waals surface area contributed by atoms with Crippen molar-refractivity contribution < 1.29 is 4.74 Å². The van der Waals surface area contributed by atoms with E-state index in [9.17, 15) is 0 Å². The van der Waals surface area contributed by atoms with Crippen LogP contribution >= 0.6 is 0 Å². The monoisotopic (exact) mass is 349 g/mol. The van der Waals surface area contributed by atoms with Gasteiger partial charge < -0.3 is 15.4 Å². The van der Waals surface area contributed by atoms with Gasteiger partial charge in [-0.05, 0) is 36.6 Å². The largest absolute Gasteiger partial charge is 0.492 e. The van der Waals surface area contributed by atoms with Crippen LogP contribution in [-0.2, 0) is 0 Å². The zero-order valence-corrected chi connectivity index (χ0v) is 15.2. The average molecular weight is 349 g/mol. The van der Waals surface area contributed by atoms with Gasteiger partial charge in [-0.3, -0.25) is 0 Å². The van der Waals surface area contributed by atoms with E-state index in [1.54, 1.807) is 6.20 Å². The Morgan fingerprint density at radius 2 is 1.69 bits per heavy atom. The van der Waals surface area contributed by atoms with Crippen LogP contribution in [0.2, 0.25) is 0 Å². The number of ether oxygens (including phenoxy) is 1. The predicted molar refractivity (Wildman–Crippen MR) is 105 cm³/mol. The third kappa shape index (κ3) is 4.27. The minimum absolute atomic E-state index is 0.394. The number of anilines is 4. The van der Waals surface area contributed by atoms with Crippen LogP contribution in [0.25, 0.3) is 0 Å². The summed E-state index contributed by atoms with van der Waals surface area (Å²) in [6.45, 7) is 6.86.